The van der Waals surface area contributed by atoms with Crippen LogP contribution in [0.25, 0.3) is 0 Å². The van der Waals surface area contributed by atoms with E-state index in [0.717, 1.165) is 43.5 Å². The summed E-state index contributed by atoms with van der Waals surface area (Å²) in [6, 6.07) is 23.4. The Labute approximate surface area is 225 Å². The molecule has 3 aromatic carbocycles. The summed E-state index contributed by atoms with van der Waals surface area (Å²) < 4.78 is 5.85. The molecule has 1 fully saturated rings. The van der Waals surface area contributed by atoms with Crippen molar-refractivity contribution in [1.82, 2.24) is 0 Å². The molecule has 38 heavy (non-hydrogen) atoms. The fourth-order valence-corrected chi connectivity index (χ4v) is 5.89. The van der Waals surface area contributed by atoms with Crippen LogP contribution in [-0.4, -0.2) is 58.0 Å². The molecule has 5 rings (SSSR count). The lowest BCUT2D eigenvalue weighted by atomic mass is 9.86. The molecule has 0 radical (unpaired) electrons. The SMILES string of the molecule is CC(C)c1ccc(C2OC(CO)C(O)C(O)C2O)cc1Cc1ccc2c(c1)N(Cc1ccccc1)CCC2. The van der Waals surface area contributed by atoms with Crippen molar-refractivity contribution >= 4 is 5.69 Å². The van der Waals surface area contributed by atoms with Gasteiger partial charge in [0.1, 0.15) is 30.5 Å². The van der Waals surface area contributed by atoms with E-state index in [-0.39, 0.29) is 0 Å². The highest BCUT2D eigenvalue weighted by Gasteiger charge is 2.44. The maximum atomic E-state index is 10.7. The molecular weight excluding hydrogens is 478 g/mol. The van der Waals surface area contributed by atoms with E-state index in [0.29, 0.717) is 5.92 Å². The van der Waals surface area contributed by atoms with Gasteiger partial charge in [0.15, 0.2) is 0 Å². The van der Waals surface area contributed by atoms with Gasteiger partial charge in [-0.3, -0.25) is 0 Å². The molecule has 0 aromatic heterocycles. The number of fused-ring (bicyclic) bond motifs is 1. The van der Waals surface area contributed by atoms with Gasteiger partial charge < -0.3 is 30.1 Å². The number of aliphatic hydroxyl groups excluding tert-OH is 4. The Hall–Kier alpha value is -2.74. The maximum absolute atomic E-state index is 10.7. The number of rotatable bonds is 7. The first kappa shape index (κ1) is 26.9. The number of ether oxygens (including phenoxy) is 1. The fourth-order valence-electron chi connectivity index (χ4n) is 5.89. The zero-order valence-corrected chi connectivity index (χ0v) is 22.2. The number of hydrogen-bond acceptors (Lipinski definition) is 6. The first-order valence-electron chi connectivity index (χ1n) is 13.7. The number of aryl methyl sites for hydroxylation is 1. The van der Waals surface area contributed by atoms with Crippen molar-refractivity contribution in [3.8, 4) is 0 Å². The van der Waals surface area contributed by atoms with Crippen LogP contribution in [0, 0.1) is 0 Å². The Morgan fingerprint density at radius 1 is 0.895 bits per heavy atom. The van der Waals surface area contributed by atoms with Gasteiger partial charge in [-0.1, -0.05) is 74.5 Å². The van der Waals surface area contributed by atoms with Crippen molar-refractivity contribution in [2.24, 2.45) is 0 Å². The van der Waals surface area contributed by atoms with Crippen molar-refractivity contribution in [2.75, 3.05) is 18.1 Å². The number of aliphatic hydroxyl groups is 4. The molecule has 0 bridgehead atoms. The Morgan fingerprint density at radius 3 is 2.42 bits per heavy atom. The minimum Gasteiger partial charge on any atom is -0.394 e. The topological polar surface area (TPSA) is 93.4 Å². The van der Waals surface area contributed by atoms with Crippen molar-refractivity contribution in [2.45, 2.75) is 76.1 Å². The molecule has 6 heteroatoms. The van der Waals surface area contributed by atoms with E-state index in [2.05, 4.69) is 73.3 Å². The minimum absolute atomic E-state index is 0.307. The van der Waals surface area contributed by atoms with Crippen molar-refractivity contribution in [3.63, 3.8) is 0 Å². The van der Waals surface area contributed by atoms with Gasteiger partial charge in [-0.15, -0.1) is 0 Å². The molecule has 5 unspecified atom stereocenters. The van der Waals surface area contributed by atoms with Crippen molar-refractivity contribution < 1.29 is 25.2 Å². The molecule has 4 N–H and O–H groups in total. The second-order valence-corrected chi connectivity index (χ2v) is 11.0. The molecule has 1 saturated heterocycles. The van der Waals surface area contributed by atoms with Crippen LogP contribution in [0.2, 0.25) is 0 Å². The van der Waals surface area contributed by atoms with E-state index in [1.807, 2.05) is 12.1 Å². The summed E-state index contributed by atoms with van der Waals surface area (Å²) in [5.41, 5.74) is 8.29. The van der Waals surface area contributed by atoms with E-state index in [9.17, 15) is 20.4 Å². The second-order valence-electron chi connectivity index (χ2n) is 11.0. The van der Waals surface area contributed by atoms with E-state index in [4.69, 9.17) is 4.74 Å². The molecule has 3 aromatic rings. The van der Waals surface area contributed by atoms with Crippen molar-refractivity contribution in [3.05, 3.63) is 100 Å². The summed E-state index contributed by atoms with van der Waals surface area (Å²) in [6.45, 7) is 5.82. The Morgan fingerprint density at radius 2 is 1.68 bits per heavy atom. The zero-order chi connectivity index (χ0) is 26.8. The highest BCUT2D eigenvalue weighted by molar-refractivity contribution is 5.58. The summed E-state index contributed by atoms with van der Waals surface area (Å²) in [5.74, 6) is 0.307. The smallest absolute Gasteiger partial charge is 0.113 e. The highest BCUT2D eigenvalue weighted by Crippen LogP contribution is 2.36. The van der Waals surface area contributed by atoms with E-state index >= 15 is 0 Å². The van der Waals surface area contributed by atoms with Gasteiger partial charge in [0.25, 0.3) is 0 Å². The number of hydrogen-bond donors (Lipinski definition) is 4. The predicted molar refractivity (Wildman–Crippen MR) is 148 cm³/mol. The van der Waals surface area contributed by atoms with Gasteiger partial charge in [0.05, 0.1) is 6.61 Å². The van der Waals surface area contributed by atoms with Crippen LogP contribution in [0.4, 0.5) is 5.69 Å². The Kier molecular flexibility index (Phi) is 8.17. The Balaban J connectivity index is 1.44. The molecule has 0 amide bonds. The van der Waals surface area contributed by atoms with Gasteiger partial charge >= 0.3 is 0 Å². The van der Waals surface area contributed by atoms with Crippen LogP contribution < -0.4 is 4.90 Å². The molecule has 2 aliphatic heterocycles. The molecule has 2 aliphatic rings. The monoisotopic (exact) mass is 517 g/mol. The quantitative estimate of drug-likeness (QED) is 0.380. The normalized spacial score (nSPS) is 25.4. The number of nitrogens with zero attached hydrogens (tertiary/aromatic N) is 1. The third-order valence-electron chi connectivity index (χ3n) is 7.99. The summed E-state index contributed by atoms with van der Waals surface area (Å²) in [5, 5.41) is 40.8. The van der Waals surface area contributed by atoms with Gasteiger partial charge in [-0.05, 0) is 64.6 Å². The third kappa shape index (κ3) is 5.51. The average molecular weight is 518 g/mol. The minimum atomic E-state index is -1.39. The van der Waals surface area contributed by atoms with E-state index in [1.54, 1.807) is 0 Å². The fraction of sp³-hybridized carbons (Fsp3) is 0.438. The molecule has 202 valence electrons. The molecule has 2 heterocycles. The van der Waals surface area contributed by atoms with Gasteiger partial charge in [0, 0.05) is 18.8 Å². The van der Waals surface area contributed by atoms with Gasteiger partial charge in [-0.25, -0.2) is 0 Å². The zero-order valence-electron chi connectivity index (χ0n) is 22.2. The first-order valence-corrected chi connectivity index (χ1v) is 13.7. The third-order valence-corrected chi connectivity index (χ3v) is 7.99. The lowest BCUT2D eigenvalue weighted by Crippen LogP contribution is -2.55. The van der Waals surface area contributed by atoms with Crippen LogP contribution in [0.3, 0.4) is 0 Å². The van der Waals surface area contributed by atoms with Gasteiger partial charge in [0.2, 0.25) is 0 Å². The molecule has 6 nitrogen and oxygen atoms in total. The molecule has 0 saturated carbocycles. The van der Waals surface area contributed by atoms with Crippen LogP contribution in [0.5, 0.6) is 0 Å². The predicted octanol–water partition coefficient (Wildman–Crippen LogP) is 3.87. The van der Waals surface area contributed by atoms with E-state index < -0.39 is 37.1 Å². The summed E-state index contributed by atoms with van der Waals surface area (Å²) in [7, 11) is 0. The van der Waals surface area contributed by atoms with Crippen LogP contribution >= 0.6 is 0 Å². The van der Waals surface area contributed by atoms with Gasteiger partial charge in [-0.2, -0.15) is 0 Å². The molecule has 0 spiro atoms. The molecule has 0 aliphatic carbocycles. The lowest BCUT2D eigenvalue weighted by molar-refractivity contribution is -0.231. The van der Waals surface area contributed by atoms with Crippen molar-refractivity contribution in [1.29, 1.82) is 0 Å². The standard InChI is InChI=1S/C32H39NO5/c1-20(2)26-13-12-24(32-31(37)30(36)29(35)28(19-34)38-32)17-25(26)15-22-10-11-23-9-6-14-33(27(23)16-22)18-21-7-4-3-5-8-21/h3-5,7-8,10-13,16-17,20,28-32,34-37H,6,9,14-15,18-19H2,1-2H3. The number of benzene rings is 3. The molecular formula is C32H39NO5. The Bertz CT molecular complexity index is 1230. The second kappa shape index (κ2) is 11.6. The van der Waals surface area contributed by atoms with E-state index in [1.165, 1.54) is 27.9 Å². The summed E-state index contributed by atoms with van der Waals surface area (Å²) >= 11 is 0. The van der Waals surface area contributed by atoms with Crippen LogP contribution in [0.1, 0.15) is 65.7 Å². The van der Waals surface area contributed by atoms with Crippen LogP contribution in [0.15, 0.2) is 66.7 Å². The summed E-state index contributed by atoms with van der Waals surface area (Å²) in [6.07, 6.45) is -2.85. The largest absolute Gasteiger partial charge is 0.394 e. The first-order chi connectivity index (χ1) is 18.4. The van der Waals surface area contributed by atoms with Crippen LogP contribution in [-0.2, 0) is 24.1 Å². The average Bonchev–Trinajstić information content (AvgIpc) is 2.93. The maximum Gasteiger partial charge on any atom is 0.113 e. The molecule has 5 atom stereocenters. The lowest BCUT2D eigenvalue weighted by Gasteiger charge is -2.40. The highest BCUT2D eigenvalue weighted by atomic mass is 16.5. The summed E-state index contributed by atoms with van der Waals surface area (Å²) in [4.78, 5) is 2.48. The number of anilines is 1.